The van der Waals surface area contributed by atoms with Crippen molar-refractivity contribution < 1.29 is 22.7 Å². The van der Waals surface area contributed by atoms with E-state index in [2.05, 4.69) is 15.4 Å². The lowest BCUT2D eigenvalue weighted by molar-refractivity contribution is -0.114. The number of amides is 2. The van der Waals surface area contributed by atoms with Gasteiger partial charge in [-0.15, -0.1) is 0 Å². The van der Waals surface area contributed by atoms with Crippen LogP contribution in [0.3, 0.4) is 0 Å². The van der Waals surface area contributed by atoms with Crippen molar-refractivity contribution in [3.63, 3.8) is 0 Å². The second-order valence-corrected chi connectivity index (χ2v) is 8.80. The lowest BCUT2D eigenvalue weighted by atomic mass is 9.98. The van der Waals surface area contributed by atoms with Gasteiger partial charge in [0.2, 0.25) is 15.9 Å². The van der Waals surface area contributed by atoms with E-state index in [1.54, 1.807) is 0 Å². The van der Waals surface area contributed by atoms with E-state index in [1.807, 2.05) is 0 Å². The van der Waals surface area contributed by atoms with Crippen LogP contribution < -0.4 is 15.4 Å². The third kappa shape index (κ3) is 7.85. The minimum Gasteiger partial charge on any atom is -0.378 e. The van der Waals surface area contributed by atoms with Gasteiger partial charge in [-0.3, -0.25) is 14.3 Å². The number of carbonyl (C=O) groups is 2. The standard InChI is InChI=1S/C19H29N3O5S/c1-14(23)21-15-9-10-18(22-28(2,25)26)17(13-15)19(24)20-11-6-12-27-16-7-4-3-5-8-16/h9-10,13,16,22H,3-8,11-12H2,1-2H3,(H,20,24)(H,21,23). The summed E-state index contributed by atoms with van der Waals surface area (Å²) in [5, 5.41) is 5.36. The molecular formula is C19H29N3O5S. The number of sulfonamides is 1. The molecule has 0 saturated heterocycles. The van der Waals surface area contributed by atoms with Crippen molar-refractivity contribution in [2.24, 2.45) is 0 Å². The molecule has 8 nitrogen and oxygen atoms in total. The van der Waals surface area contributed by atoms with Crippen LogP contribution in [0.1, 0.15) is 55.8 Å². The Balaban J connectivity index is 1.93. The first-order valence-corrected chi connectivity index (χ1v) is 11.4. The second kappa shape index (κ2) is 10.4. The molecule has 28 heavy (non-hydrogen) atoms. The fourth-order valence-corrected chi connectivity index (χ4v) is 3.73. The average Bonchev–Trinajstić information content (AvgIpc) is 2.62. The van der Waals surface area contributed by atoms with Crippen molar-refractivity contribution in [3.05, 3.63) is 23.8 Å². The zero-order chi connectivity index (χ0) is 20.6. The van der Waals surface area contributed by atoms with E-state index < -0.39 is 15.9 Å². The number of ether oxygens (including phenoxy) is 1. The molecule has 1 aromatic carbocycles. The molecule has 9 heteroatoms. The molecular weight excluding hydrogens is 382 g/mol. The molecule has 0 aliphatic heterocycles. The second-order valence-electron chi connectivity index (χ2n) is 7.06. The third-order valence-corrected chi connectivity index (χ3v) is 4.98. The molecule has 0 atom stereocenters. The topological polar surface area (TPSA) is 114 Å². The van der Waals surface area contributed by atoms with Crippen LogP contribution in [0.4, 0.5) is 11.4 Å². The van der Waals surface area contributed by atoms with Crippen LogP contribution in [0.15, 0.2) is 18.2 Å². The molecule has 1 aliphatic carbocycles. The van der Waals surface area contributed by atoms with Crippen molar-refractivity contribution >= 4 is 33.2 Å². The summed E-state index contributed by atoms with van der Waals surface area (Å²) in [6, 6.07) is 4.43. The van der Waals surface area contributed by atoms with Crippen molar-refractivity contribution in [1.29, 1.82) is 0 Å². The quantitative estimate of drug-likeness (QED) is 0.540. The van der Waals surface area contributed by atoms with Gasteiger partial charge >= 0.3 is 0 Å². The van der Waals surface area contributed by atoms with E-state index in [0.29, 0.717) is 31.4 Å². The average molecular weight is 412 g/mol. The van der Waals surface area contributed by atoms with Gasteiger partial charge in [-0.2, -0.15) is 0 Å². The Morgan fingerprint density at radius 1 is 1.18 bits per heavy atom. The van der Waals surface area contributed by atoms with Gasteiger partial charge in [-0.1, -0.05) is 19.3 Å². The smallest absolute Gasteiger partial charge is 0.253 e. The lowest BCUT2D eigenvalue weighted by Crippen LogP contribution is -2.27. The minimum atomic E-state index is -3.55. The molecule has 2 amide bonds. The van der Waals surface area contributed by atoms with Crippen LogP contribution in [0.25, 0.3) is 0 Å². The first-order valence-electron chi connectivity index (χ1n) is 9.54. The van der Waals surface area contributed by atoms with Crippen molar-refractivity contribution in [2.45, 2.75) is 51.6 Å². The Hall–Kier alpha value is -2.13. The van der Waals surface area contributed by atoms with E-state index in [9.17, 15) is 18.0 Å². The van der Waals surface area contributed by atoms with Gasteiger partial charge in [0.05, 0.1) is 23.6 Å². The van der Waals surface area contributed by atoms with E-state index >= 15 is 0 Å². The van der Waals surface area contributed by atoms with Gasteiger partial charge < -0.3 is 15.4 Å². The van der Waals surface area contributed by atoms with Crippen molar-refractivity contribution in [3.8, 4) is 0 Å². The minimum absolute atomic E-state index is 0.143. The molecule has 1 aromatic rings. The van der Waals surface area contributed by atoms with Gasteiger partial charge in [0.1, 0.15) is 0 Å². The Bertz CT molecular complexity index is 789. The van der Waals surface area contributed by atoms with Crippen molar-refractivity contribution in [2.75, 3.05) is 29.4 Å². The molecule has 0 spiro atoms. The number of carbonyl (C=O) groups excluding carboxylic acids is 2. The normalized spacial score (nSPS) is 15.1. The fraction of sp³-hybridized carbons (Fsp3) is 0.579. The SMILES string of the molecule is CC(=O)Nc1ccc(NS(C)(=O)=O)c(C(=O)NCCCOC2CCCCC2)c1. The largest absolute Gasteiger partial charge is 0.378 e. The fourth-order valence-electron chi connectivity index (χ4n) is 3.15. The third-order valence-electron chi connectivity index (χ3n) is 4.39. The summed E-state index contributed by atoms with van der Waals surface area (Å²) in [4.78, 5) is 23.8. The molecule has 0 bridgehead atoms. The maximum Gasteiger partial charge on any atom is 0.253 e. The summed E-state index contributed by atoms with van der Waals surface area (Å²) in [6.45, 7) is 2.34. The maximum atomic E-state index is 12.6. The van der Waals surface area contributed by atoms with Crippen LogP contribution in [0.2, 0.25) is 0 Å². The Kier molecular flexibility index (Phi) is 8.25. The van der Waals surface area contributed by atoms with E-state index in [-0.39, 0.29) is 17.2 Å². The summed E-state index contributed by atoms with van der Waals surface area (Å²) in [5.74, 6) is -0.703. The first kappa shape index (κ1) is 22.2. The Morgan fingerprint density at radius 3 is 2.54 bits per heavy atom. The number of anilines is 2. The van der Waals surface area contributed by atoms with Crippen LogP contribution in [-0.2, 0) is 19.6 Å². The Morgan fingerprint density at radius 2 is 1.89 bits per heavy atom. The highest BCUT2D eigenvalue weighted by Gasteiger charge is 2.16. The molecule has 2 rings (SSSR count). The number of hydrogen-bond acceptors (Lipinski definition) is 5. The van der Waals surface area contributed by atoms with E-state index in [0.717, 1.165) is 19.1 Å². The summed E-state index contributed by atoms with van der Waals surface area (Å²) >= 11 is 0. The van der Waals surface area contributed by atoms with Gasteiger partial charge in [-0.25, -0.2) is 8.42 Å². The van der Waals surface area contributed by atoms with Crippen LogP contribution in [-0.4, -0.2) is 45.7 Å². The predicted molar refractivity (Wildman–Crippen MR) is 109 cm³/mol. The lowest BCUT2D eigenvalue weighted by Gasteiger charge is -2.22. The summed E-state index contributed by atoms with van der Waals surface area (Å²) in [6.07, 6.45) is 7.90. The molecule has 3 N–H and O–H groups in total. The molecule has 1 fully saturated rings. The molecule has 0 radical (unpaired) electrons. The monoisotopic (exact) mass is 411 g/mol. The van der Waals surface area contributed by atoms with Gasteiger partial charge in [-0.05, 0) is 37.5 Å². The summed E-state index contributed by atoms with van der Waals surface area (Å²) in [5.41, 5.74) is 0.717. The number of nitrogens with one attached hydrogen (secondary N) is 3. The van der Waals surface area contributed by atoms with Crippen LogP contribution >= 0.6 is 0 Å². The van der Waals surface area contributed by atoms with E-state index in [4.69, 9.17) is 4.74 Å². The molecule has 0 aromatic heterocycles. The van der Waals surface area contributed by atoms with E-state index in [1.165, 1.54) is 44.4 Å². The molecule has 1 aliphatic rings. The zero-order valence-corrected chi connectivity index (χ0v) is 17.2. The molecule has 1 saturated carbocycles. The van der Waals surface area contributed by atoms with Crippen LogP contribution in [0.5, 0.6) is 0 Å². The maximum absolute atomic E-state index is 12.6. The summed E-state index contributed by atoms with van der Waals surface area (Å²) < 4.78 is 31.3. The number of benzene rings is 1. The predicted octanol–water partition coefficient (Wildman–Crippen LogP) is 2.49. The number of hydrogen-bond donors (Lipinski definition) is 3. The molecule has 0 unspecified atom stereocenters. The highest BCUT2D eigenvalue weighted by molar-refractivity contribution is 7.92. The highest BCUT2D eigenvalue weighted by Crippen LogP contribution is 2.22. The van der Waals surface area contributed by atoms with Gasteiger partial charge in [0.25, 0.3) is 5.91 Å². The van der Waals surface area contributed by atoms with Gasteiger partial charge in [0, 0.05) is 25.8 Å². The highest BCUT2D eigenvalue weighted by atomic mass is 32.2. The Labute approximate surface area is 166 Å². The van der Waals surface area contributed by atoms with Crippen LogP contribution in [0, 0.1) is 0 Å². The zero-order valence-electron chi connectivity index (χ0n) is 16.4. The molecule has 0 heterocycles. The van der Waals surface area contributed by atoms with Crippen molar-refractivity contribution in [1.82, 2.24) is 5.32 Å². The number of rotatable bonds is 9. The summed E-state index contributed by atoms with van der Waals surface area (Å²) in [7, 11) is -3.55. The first-order chi connectivity index (χ1) is 13.2. The van der Waals surface area contributed by atoms with Gasteiger partial charge in [0.15, 0.2) is 0 Å². The molecule has 156 valence electrons.